The van der Waals surface area contributed by atoms with Gasteiger partial charge in [0.2, 0.25) is 5.95 Å². The van der Waals surface area contributed by atoms with Crippen molar-refractivity contribution in [2.24, 2.45) is 0 Å². The summed E-state index contributed by atoms with van der Waals surface area (Å²) in [4.78, 5) is 38.4. The van der Waals surface area contributed by atoms with E-state index in [0.29, 0.717) is 18.5 Å². The summed E-state index contributed by atoms with van der Waals surface area (Å²) in [6.45, 7) is -2.50. The van der Waals surface area contributed by atoms with Gasteiger partial charge in [0, 0.05) is 23.6 Å². The Morgan fingerprint density at radius 2 is 1.70 bits per heavy atom. The van der Waals surface area contributed by atoms with Crippen molar-refractivity contribution < 1.29 is 13.5 Å². The lowest BCUT2D eigenvalue weighted by molar-refractivity contribution is -0.0498. The third kappa shape index (κ3) is 6.76. The summed E-state index contributed by atoms with van der Waals surface area (Å²) in [6, 6.07) is 13.4. The molecule has 0 saturated carbocycles. The number of nitrogens with one attached hydrogen (secondary N) is 2. The molecule has 194 valence electrons. The van der Waals surface area contributed by atoms with Crippen LogP contribution in [0.2, 0.25) is 0 Å². The molecular formula is C24H25F2N7O3S. The van der Waals surface area contributed by atoms with Crippen LogP contribution in [0.1, 0.15) is 16.8 Å². The Morgan fingerprint density at radius 3 is 2.30 bits per heavy atom. The summed E-state index contributed by atoms with van der Waals surface area (Å²) in [6.07, 6.45) is 4.05. The van der Waals surface area contributed by atoms with Gasteiger partial charge in [0.25, 0.3) is 0 Å². The molecule has 37 heavy (non-hydrogen) atoms. The van der Waals surface area contributed by atoms with Crippen LogP contribution < -0.4 is 27.2 Å². The van der Waals surface area contributed by atoms with Crippen molar-refractivity contribution >= 4 is 23.7 Å². The second kappa shape index (κ2) is 11.7. The maximum atomic E-state index is 13.5. The SMILES string of the molecule is CSc1ccc(Cn2c(=O)nc(NCCc3cnc(N)[nH]3)n(Cc3ccc(OC(F)F)cc3)c2=O)cc1. The molecule has 0 spiro atoms. The number of anilines is 2. The van der Waals surface area contributed by atoms with Gasteiger partial charge in [-0.25, -0.2) is 19.1 Å². The maximum absolute atomic E-state index is 13.5. The lowest BCUT2D eigenvalue weighted by atomic mass is 10.2. The molecule has 0 fully saturated rings. The molecule has 0 aliphatic rings. The molecule has 0 unspecified atom stereocenters. The quantitative estimate of drug-likeness (QED) is 0.253. The molecule has 2 aromatic heterocycles. The first-order valence-electron chi connectivity index (χ1n) is 11.2. The van der Waals surface area contributed by atoms with Crippen molar-refractivity contribution in [3.8, 4) is 5.75 Å². The Balaban J connectivity index is 1.63. The molecule has 4 rings (SSSR count). The van der Waals surface area contributed by atoms with Gasteiger partial charge in [0.05, 0.1) is 19.3 Å². The number of benzene rings is 2. The monoisotopic (exact) mass is 529 g/mol. The van der Waals surface area contributed by atoms with Crippen molar-refractivity contribution in [3.05, 3.63) is 92.5 Å². The number of nitrogens with two attached hydrogens (primary N) is 1. The zero-order valence-electron chi connectivity index (χ0n) is 19.9. The fourth-order valence-corrected chi connectivity index (χ4v) is 4.04. The normalized spacial score (nSPS) is 11.1. The van der Waals surface area contributed by atoms with E-state index in [-0.39, 0.29) is 30.7 Å². The van der Waals surface area contributed by atoms with Gasteiger partial charge in [-0.1, -0.05) is 24.3 Å². The highest BCUT2D eigenvalue weighted by Gasteiger charge is 2.15. The predicted octanol–water partition coefficient (Wildman–Crippen LogP) is 2.78. The Kier molecular flexibility index (Phi) is 8.23. The second-order valence-electron chi connectivity index (χ2n) is 8.01. The van der Waals surface area contributed by atoms with E-state index in [2.05, 4.69) is 25.0 Å². The number of H-pyrrole nitrogens is 1. The molecule has 0 saturated heterocycles. The van der Waals surface area contributed by atoms with Crippen LogP contribution in [0.15, 0.2) is 69.2 Å². The first-order valence-corrected chi connectivity index (χ1v) is 12.5. The summed E-state index contributed by atoms with van der Waals surface area (Å²) in [5.74, 6) is 0.377. The van der Waals surface area contributed by atoms with Crippen LogP contribution in [-0.4, -0.2) is 43.5 Å². The fraction of sp³-hybridized carbons (Fsp3) is 0.250. The first-order chi connectivity index (χ1) is 17.8. The van der Waals surface area contributed by atoms with Gasteiger partial charge < -0.3 is 20.8 Å². The number of hydrogen-bond acceptors (Lipinski definition) is 8. The van der Waals surface area contributed by atoms with Gasteiger partial charge in [-0.05, 0) is 41.6 Å². The zero-order valence-corrected chi connectivity index (χ0v) is 20.7. The molecule has 13 heteroatoms. The second-order valence-corrected chi connectivity index (χ2v) is 8.89. The number of aromatic amines is 1. The van der Waals surface area contributed by atoms with Gasteiger partial charge in [-0.2, -0.15) is 13.8 Å². The van der Waals surface area contributed by atoms with Crippen molar-refractivity contribution in [3.63, 3.8) is 0 Å². The number of ether oxygens (including phenoxy) is 1. The molecule has 2 aromatic carbocycles. The number of hydrogen-bond donors (Lipinski definition) is 3. The first kappa shape index (κ1) is 25.9. The van der Waals surface area contributed by atoms with Crippen molar-refractivity contribution in [2.45, 2.75) is 31.0 Å². The molecule has 0 bridgehead atoms. The summed E-state index contributed by atoms with van der Waals surface area (Å²) in [7, 11) is 0. The van der Waals surface area contributed by atoms with Gasteiger partial charge in [-0.3, -0.25) is 4.57 Å². The lowest BCUT2D eigenvalue weighted by Crippen LogP contribution is -2.43. The Hall–Kier alpha value is -4.13. The molecule has 0 atom stereocenters. The summed E-state index contributed by atoms with van der Waals surface area (Å²) < 4.78 is 31.8. The predicted molar refractivity (Wildman–Crippen MR) is 137 cm³/mol. The average molecular weight is 530 g/mol. The van der Waals surface area contributed by atoms with Gasteiger partial charge in [0.15, 0.2) is 5.95 Å². The van der Waals surface area contributed by atoms with Crippen LogP contribution in [0.3, 0.4) is 0 Å². The third-order valence-electron chi connectivity index (χ3n) is 5.46. The molecule has 0 radical (unpaired) electrons. The molecule has 2 heterocycles. The number of aromatic nitrogens is 5. The van der Waals surface area contributed by atoms with E-state index >= 15 is 0 Å². The zero-order chi connectivity index (χ0) is 26.4. The number of alkyl halides is 2. The minimum Gasteiger partial charge on any atom is -0.435 e. The van der Waals surface area contributed by atoms with Gasteiger partial charge in [0.1, 0.15) is 5.75 Å². The molecule has 0 aliphatic heterocycles. The molecule has 0 aliphatic carbocycles. The van der Waals surface area contributed by atoms with E-state index in [9.17, 15) is 18.4 Å². The van der Waals surface area contributed by atoms with Crippen molar-refractivity contribution in [1.29, 1.82) is 0 Å². The summed E-state index contributed by atoms with van der Waals surface area (Å²) >= 11 is 1.59. The smallest absolute Gasteiger partial charge is 0.387 e. The number of imidazole rings is 1. The number of halogens is 2. The summed E-state index contributed by atoms with van der Waals surface area (Å²) in [5, 5.41) is 3.04. The van der Waals surface area contributed by atoms with Crippen LogP contribution in [0.4, 0.5) is 20.7 Å². The Labute approximate surface area is 214 Å². The molecule has 4 N–H and O–H groups in total. The van der Waals surface area contributed by atoms with Crippen LogP contribution in [0, 0.1) is 0 Å². The van der Waals surface area contributed by atoms with Crippen LogP contribution in [-0.2, 0) is 19.5 Å². The minimum absolute atomic E-state index is 0.0000558. The average Bonchev–Trinajstić information content (AvgIpc) is 3.30. The van der Waals surface area contributed by atoms with E-state index in [1.54, 1.807) is 30.1 Å². The van der Waals surface area contributed by atoms with E-state index < -0.39 is 18.0 Å². The highest BCUT2D eigenvalue weighted by Crippen LogP contribution is 2.17. The van der Waals surface area contributed by atoms with Crippen molar-refractivity contribution in [1.82, 2.24) is 24.1 Å². The Morgan fingerprint density at radius 1 is 1.05 bits per heavy atom. The molecule has 10 nitrogen and oxygen atoms in total. The van der Waals surface area contributed by atoms with Crippen LogP contribution >= 0.6 is 11.8 Å². The number of rotatable bonds is 11. The highest BCUT2D eigenvalue weighted by molar-refractivity contribution is 7.98. The largest absolute Gasteiger partial charge is 0.435 e. The van der Waals surface area contributed by atoms with Gasteiger partial charge in [-0.15, -0.1) is 11.8 Å². The number of nitrogens with zero attached hydrogens (tertiary/aromatic N) is 4. The maximum Gasteiger partial charge on any atom is 0.387 e. The highest BCUT2D eigenvalue weighted by atomic mass is 32.2. The molecule has 0 amide bonds. The topological polar surface area (TPSA) is 133 Å². The number of nitrogen functional groups attached to an aromatic ring is 1. The Bertz CT molecular complexity index is 1450. The van der Waals surface area contributed by atoms with Crippen LogP contribution in [0.5, 0.6) is 5.75 Å². The number of thioether (sulfide) groups is 1. The van der Waals surface area contributed by atoms with Gasteiger partial charge >= 0.3 is 18.0 Å². The van der Waals surface area contributed by atoms with E-state index in [1.807, 2.05) is 30.5 Å². The lowest BCUT2D eigenvalue weighted by Gasteiger charge is -2.16. The van der Waals surface area contributed by atoms with E-state index in [0.717, 1.165) is 20.7 Å². The summed E-state index contributed by atoms with van der Waals surface area (Å²) in [5.41, 5.74) is 6.53. The third-order valence-corrected chi connectivity index (χ3v) is 6.21. The molecular weight excluding hydrogens is 504 g/mol. The standard InChI is InChI=1S/C24H25F2N7O3S/c1-37-19-8-4-16(5-9-19)14-33-23(34)31-22(28-11-10-17-12-29-21(27)30-17)32(24(33)35)13-15-2-6-18(7-3-15)36-20(25)26/h2-9,12,20H,10-11,13-14H2,1H3,(H3,27,29,30)(H,28,31,34). The van der Waals surface area contributed by atoms with E-state index in [4.69, 9.17) is 5.73 Å². The van der Waals surface area contributed by atoms with E-state index in [1.165, 1.54) is 16.7 Å². The van der Waals surface area contributed by atoms with Crippen LogP contribution in [0.25, 0.3) is 0 Å². The molecule has 4 aromatic rings. The van der Waals surface area contributed by atoms with Crippen molar-refractivity contribution in [2.75, 3.05) is 23.9 Å². The fourth-order valence-electron chi connectivity index (χ4n) is 3.63. The minimum atomic E-state index is -2.94.